The molecule has 0 aliphatic heterocycles. The van der Waals surface area contributed by atoms with Crippen LogP contribution in [0.5, 0.6) is 0 Å². The van der Waals surface area contributed by atoms with Crippen LogP contribution in [0.3, 0.4) is 0 Å². The summed E-state index contributed by atoms with van der Waals surface area (Å²) in [7, 11) is 0. The molecule has 2 aliphatic rings. The zero-order chi connectivity index (χ0) is 12.1. The zero-order valence-corrected chi connectivity index (χ0v) is 11.1. The van der Waals surface area contributed by atoms with Crippen molar-refractivity contribution in [1.29, 1.82) is 0 Å². The van der Waals surface area contributed by atoms with Crippen molar-refractivity contribution in [3.05, 3.63) is 41.2 Å². The molecule has 3 nitrogen and oxygen atoms in total. The number of hydrogen-bond donors (Lipinski definition) is 1. The van der Waals surface area contributed by atoms with Gasteiger partial charge in [-0.25, -0.2) is 4.98 Å². The molecule has 18 heavy (non-hydrogen) atoms. The first kappa shape index (κ1) is 10.5. The van der Waals surface area contributed by atoms with E-state index in [1.165, 1.54) is 18.0 Å². The number of fused-ring (bicyclic) bond motifs is 3. The van der Waals surface area contributed by atoms with E-state index in [0.29, 0.717) is 0 Å². The van der Waals surface area contributed by atoms with Crippen molar-refractivity contribution in [2.75, 3.05) is 11.9 Å². The van der Waals surface area contributed by atoms with Crippen molar-refractivity contribution >= 4 is 16.7 Å². The van der Waals surface area contributed by atoms with Gasteiger partial charge in [0.15, 0.2) is 0 Å². The lowest BCUT2D eigenvalue weighted by molar-refractivity contribution is 0.719. The van der Waals surface area contributed by atoms with Gasteiger partial charge in [-0.3, -0.25) is 0 Å². The highest BCUT2D eigenvalue weighted by molar-refractivity contribution is 7.09. The molecular formula is C14H15N3S. The third-order valence-corrected chi connectivity index (χ3v) is 4.98. The highest BCUT2D eigenvalue weighted by Gasteiger charge is 2.54. The van der Waals surface area contributed by atoms with Crippen LogP contribution >= 0.6 is 11.5 Å². The first-order chi connectivity index (χ1) is 8.83. The van der Waals surface area contributed by atoms with Crippen molar-refractivity contribution in [3.63, 3.8) is 0 Å². The number of hydrogen-bond acceptors (Lipinski definition) is 4. The topological polar surface area (TPSA) is 37.8 Å². The van der Waals surface area contributed by atoms with Crippen molar-refractivity contribution in [3.8, 4) is 0 Å². The van der Waals surface area contributed by atoms with Crippen LogP contribution in [0.15, 0.2) is 24.3 Å². The summed E-state index contributed by atoms with van der Waals surface area (Å²) in [6.07, 6.45) is 1.27. The van der Waals surface area contributed by atoms with Gasteiger partial charge in [0.1, 0.15) is 5.82 Å². The standard InChI is InChI=1S/C14H15N3S/c1-8-16-14(18-17-8)15-7-12-11-6-9-4-2-3-5-10(9)13(11)12/h2-5,11-13H,6-7H2,1H3,(H,15,16,17). The van der Waals surface area contributed by atoms with Gasteiger partial charge in [-0.05, 0) is 42.2 Å². The van der Waals surface area contributed by atoms with Crippen LogP contribution in [0.2, 0.25) is 0 Å². The number of anilines is 1. The fourth-order valence-electron chi connectivity index (χ4n) is 3.34. The number of benzene rings is 1. The maximum Gasteiger partial charge on any atom is 0.202 e. The Hall–Kier alpha value is -1.42. The van der Waals surface area contributed by atoms with Crippen LogP contribution in [0.1, 0.15) is 22.9 Å². The molecule has 1 saturated carbocycles. The second kappa shape index (κ2) is 3.79. The Kier molecular flexibility index (Phi) is 2.21. The minimum absolute atomic E-state index is 0.794. The van der Waals surface area contributed by atoms with Gasteiger partial charge < -0.3 is 5.32 Å². The number of aromatic nitrogens is 2. The largest absolute Gasteiger partial charge is 0.360 e. The van der Waals surface area contributed by atoms with Gasteiger partial charge >= 0.3 is 0 Å². The molecule has 1 N–H and O–H groups in total. The average Bonchev–Trinajstić information content (AvgIpc) is 2.74. The summed E-state index contributed by atoms with van der Waals surface area (Å²) in [4.78, 5) is 4.34. The molecular weight excluding hydrogens is 242 g/mol. The van der Waals surface area contributed by atoms with Crippen molar-refractivity contribution < 1.29 is 0 Å². The summed E-state index contributed by atoms with van der Waals surface area (Å²) in [6, 6.07) is 8.90. The van der Waals surface area contributed by atoms with E-state index in [1.807, 2.05) is 6.92 Å². The van der Waals surface area contributed by atoms with E-state index in [4.69, 9.17) is 0 Å². The van der Waals surface area contributed by atoms with Crippen LogP contribution in [0.25, 0.3) is 0 Å². The van der Waals surface area contributed by atoms with Crippen LogP contribution < -0.4 is 5.32 Å². The highest BCUT2D eigenvalue weighted by Crippen LogP contribution is 2.61. The van der Waals surface area contributed by atoms with Crippen LogP contribution in [-0.2, 0) is 6.42 Å². The Morgan fingerprint density at radius 3 is 3.11 bits per heavy atom. The van der Waals surface area contributed by atoms with Crippen LogP contribution in [0.4, 0.5) is 5.13 Å². The number of nitrogens with one attached hydrogen (secondary N) is 1. The van der Waals surface area contributed by atoms with E-state index >= 15 is 0 Å². The molecule has 3 atom stereocenters. The molecule has 4 rings (SSSR count). The molecule has 1 heterocycles. The first-order valence-electron chi connectivity index (χ1n) is 6.45. The second-order valence-corrected chi connectivity index (χ2v) is 6.04. The molecule has 0 amide bonds. The summed E-state index contributed by atoms with van der Waals surface area (Å²) < 4.78 is 4.19. The van der Waals surface area contributed by atoms with E-state index in [1.54, 1.807) is 11.1 Å². The maximum absolute atomic E-state index is 4.34. The predicted molar refractivity (Wildman–Crippen MR) is 73.0 cm³/mol. The Morgan fingerprint density at radius 1 is 1.39 bits per heavy atom. The lowest BCUT2D eigenvalue weighted by atomic mass is 10.0. The van der Waals surface area contributed by atoms with Gasteiger partial charge in [0, 0.05) is 18.1 Å². The monoisotopic (exact) mass is 257 g/mol. The molecule has 3 unspecified atom stereocenters. The van der Waals surface area contributed by atoms with Crippen LogP contribution in [0, 0.1) is 18.8 Å². The van der Waals surface area contributed by atoms with E-state index in [2.05, 4.69) is 38.9 Å². The van der Waals surface area contributed by atoms with E-state index in [-0.39, 0.29) is 0 Å². The molecule has 1 aromatic carbocycles. The fraction of sp³-hybridized carbons (Fsp3) is 0.429. The lowest BCUT2D eigenvalue weighted by Crippen LogP contribution is -2.07. The Labute approximate surface area is 110 Å². The van der Waals surface area contributed by atoms with Gasteiger partial charge in [-0.15, -0.1) is 0 Å². The molecule has 1 fully saturated rings. The fourth-order valence-corrected chi connectivity index (χ4v) is 3.92. The molecule has 0 spiro atoms. The molecule has 0 saturated heterocycles. The van der Waals surface area contributed by atoms with Crippen LogP contribution in [-0.4, -0.2) is 15.9 Å². The molecule has 2 aliphatic carbocycles. The van der Waals surface area contributed by atoms with Crippen molar-refractivity contribution in [1.82, 2.24) is 9.36 Å². The average molecular weight is 257 g/mol. The normalized spacial score (nSPS) is 27.7. The van der Waals surface area contributed by atoms with E-state index in [0.717, 1.165) is 35.3 Å². The third kappa shape index (κ3) is 1.56. The molecule has 4 heteroatoms. The lowest BCUT2D eigenvalue weighted by Gasteiger charge is -2.07. The van der Waals surface area contributed by atoms with Crippen molar-refractivity contribution in [2.45, 2.75) is 19.3 Å². The summed E-state index contributed by atoms with van der Waals surface area (Å²) >= 11 is 1.46. The van der Waals surface area contributed by atoms with Gasteiger partial charge in [0.2, 0.25) is 5.13 Å². The summed E-state index contributed by atoms with van der Waals surface area (Å²) in [5, 5.41) is 4.40. The summed E-state index contributed by atoms with van der Waals surface area (Å²) in [6.45, 7) is 2.97. The predicted octanol–water partition coefficient (Wildman–Crippen LogP) is 2.84. The number of aryl methyl sites for hydroxylation is 1. The van der Waals surface area contributed by atoms with Gasteiger partial charge in [-0.1, -0.05) is 24.3 Å². The van der Waals surface area contributed by atoms with Gasteiger partial charge in [0.25, 0.3) is 0 Å². The summed E-state index contributed by atoms with van der Waals surface area (Å²) in [5.41, 5.74) is 3.15. The Bertz CT molecular complexity index is 592. The first-order valence-corrected chi connectivity index (χ1v) is 7.22. The minimum Gasteiger partial charge on any atom is -0.360 e. The van der Waals surface area contributed by atoms with E-state index < -0.39 is 0 Å². The van der Waals surface area contributed by atoms with Gasteiger partial charge in [-0.2, -0.15) is 4.37 Å². The zero-order valence-electron chi connectivity index (χ0n) is 10.3. The Balaban J connectivity index is 1.43. The van der Waals surface area contributed by atoms with Gasteiger partial charge in [0.05, 0.1) is 0 Å². The smallest absolute Gasteiger partial charge is 0.202 e. The maximum atomic E-state index is 4.34. The summed E-state index contributed by atoms with van der Waals surface area (Å²) in [5.74, 6) is 3.32. The highest BCUT2D eigenvalue weighted by atomic mass is 32.1. The number of nitrogens with zero attached hydrogens (tertiary/aromatic N) is 2. The molecule has 1 aromatic heterocycles. The number of rotatable bonds is 3. The molecule has 92 valence electrons. The second-order valence-electron chi connectivity index (χ2n) is 5.28. The SMILES string of the molecule is Cc1nsc(NCC2C3Cc4ccccc4C23)n1. The third-order valence-electron chi connectivity index (χ3n) is 4.22. The molecule has 0 bridgehead atoms. The molecule has 2 aromatic rings. The van der Waals surface area contributed by atoms with E-state index in [9.17, 15) is 0 Å². The Morgan fingerprint density at radius 2 is 2.28 bits per heavy atom. The molecule has 0 radical (unpaired) electrons. The van der Waals surface area contributed by atoms with Crippen molar-refractivity contribution in [2.24, 2.45) is 11.8 Å². The quantitative estimate of drug-likeness (QED) is 0.918. The minimum atomic E-state index is 0.794.